The fourth-order valence-electron chi connectivity index (χ4n) is 1.95. The largest absolute Gasteiger partial charge is 0.389 e. The van der Waals surface area contributed by atoms with Crippen molar-refractivity contribution in [1.82, 2.24) is 4.90 Å². The lowest BCUT2D eigenvalue weighted by Crippen LogP contribution is -2.53. The van der Waals surface area contributed by atoms with Crippen molar-refractivity contribution in [2.24, 2.45) is 17.6 Å². The van der Waals surface area contributed by atoms with Crippen LogP contribution in [-0.4, -0.2) is 41.3 Å². The number of β-amino-alcohol motifs (C(OH)–C–C–N with tert-alkyl or cyclic N) is 1. The zero-order valence-corrected chi connectivity index (χ0v) is 10.5. The second-order valence-corrected chi connectivity index (χ2v) is 5.68. The third kappa shape index (κ3) is 3.44. The van der Waals surface area contributed by atoms with Gasteiger partial charge in [-0.15, -0.1) is 0 Å². The number of hydrogen-bond donors (Lipinski definition) is 2. The Kier molecular flexibility index (Phi) is 4.15. The topological polar surface area (TPSA) is 49.5 Å². The predicted molar refractivity (Wildman–Crippen MR) is 63.7 cm³/mol. The van der Waals surface area contributed by atoms with Gasteiger partial charge < -0.3 is 10.8 Å². The summed E-state index contributed by atoms with van der Waals surface area (Å²) < 4.78 is 0. The summed E-state index contributed by atoms with van der Waals surface area (Å²) in [6, 6.07) is 0.265. The first-order valence-electron chi connectivity index (χ1n) is 6.03. The summed E-state index contributed by atoms with van der Waals surface area (Å²) >= 11 is 0. The molecule has 1 heterocycles. The lowest BCUT2D eigenvalue weighted by atomic mass is 9.89. The Bertz CT molecular complexity index is 204. The molecule has 15 heavy (non-hydrogen) atoms. The van der Waals surface area contributed by atoms with Crippen LogP contribution in [0.2, 0.25) is 0 Å². The molecule has 0 aromatic heterocycles. The fourth-order valence-corrected chi connectivity index (χ4v) is 1.95. The molecule has 3 nitrogen and oxygen atoms in total. The molecule has 3 heteroatoms. The Hall–Kier alpha value is -0.120. The van der Waals surface area contributed by atoms with Crippen LogP contribution in [0.1, 0.15) is 34.1 Å². The van der Waals surface area contributed by atoms with Crippen LogP contribution < -0.4 is 5.73 Å². The van der Waals surface area contributed by atoms with E-state index in [9.17, 15) is 5.11 Å². The number of nitrogens with zero attached hydrogens (tertiary/aromatic N) is 1. The third-order valence-corrected chi connectivity index (χ3v) is 3.89. The van der Waals surface area contributed by atoms with Crippen LogP contribution in [0.5, 0.6) is 0 Å². The van der Waals surface area contributed by atoms with E-state index in [1.165, 1.54) is 0 Å². The zero-order chi connectivity index (χ0) is 11.6. The van der Waals surface area contributed by atoms with Crippen molar-refractivity contribution in [3.63, 3.8) is 0 Å². The van der Waals surface area contributed by atoms with Crippen molar-refractivity contribution < 1.29 is 5.11 Å². The number of nitrogens with two attached hydrogens (primary N) is 1. The lowest BCUT2D eigenvalue weighted by molar-refractivity contribution is -0.0274. The van der Waals surface area contributed by atoms with Gasteiger partial charge in [-0.2, -0.15) is 0 Å². The van der Waals surface area contributed by atoms with Gasteiger partial charge in [0.15, 0.2) is 0 Å². The molecule has 1 rings (SSSR count). The summed E-state index contributed by atoms with van der Waals surface area (Å²) in [5, 5.41) is 10.2. The van der Waals surface area contributed by atoms with Crippen molar-refractivity contribution in [2.75, 3.05) is 19.6 Å². The second kappa shape index (κ2) is 4.81. The van der Waals surface area contributed by atoms with E-state index >= 15 is 0 Å². The molecule has 3 atom stereocenters. The Morgan fingerprint density at radius 2 is 2.13 bits per heavy atom. The number of rotatable bonds is 3. The van der Waals surface area contributed by atoms with E-state index in [4.69, 9.17) is 5.73 Å². The van der Waals surface area contributed by atoms with Gasteiger partial charge in [0.25, 0.3) is 0 Å². The molecule has 3 unspecified atom stereocenters. The first-order chi connectivity index (χ1) is 6.83. The van der Waals surface area contributed by atoms with Crippen LogP contribution in [-0.2, 0) is 0 Å². The van der Waals surface area contributed by atoms with Gasteiger partial charge >= 0.3 is 0 Å². The van der Waals surface area contributed by atoms with Crippen LogP contribution >= 0.6 is 0 Å². The van der Waals surface area contributed by atoms with Gasteiger partial charge in [-0.3, -0.25) is 4.90 Å². The Morgan fingerprint density at radius 3 is 2.60 bits per heavy atom. The molecule has 0 aliphatic carbocycles. The average molecular weight is 214 g/mol. The molecule has 0 aromatic rings. The molecule has 0 bridgehead atoms. The first kappa shape index (κ1) is 12.9. The second-order valence-electron chi connectivity index (χ2n) is 5.68. The first-order valence-corrected chi connectivity index (χ1v) is 6.03. The van der Waals surface area contributed by atoms with E-state index < -0.39 is 5.60 Å². The van der Waals surface area contributed by atoms with Crippen LogP contribution in [0.15, 0.2) is 0 Å². The minimum absolute atomic E-state index is 0.265. The molecule has 0 amide bonds. The highest BCUT2D eigenvalue weighted by atomic mass is 16.3. The highest BCUT2D eigenvalue weighted by Gasteiger charge is 2.31. The van der Waals surface area contributed by atoms with Gasteiger partial charge in [0, 0.05) is 19.1 Å². The van der Waals surface area contributed by atoms with Gasteiger partial charge in [0.2, 0.25) is 0 Å². The van der Waals surface area contributed by atoms with Crippen molar-refractivity contribution in [3.8, 4) is 0 Å². The third-order valence-electron chi connectivity index (χ3n) is 3.89. The fraction of sp³-hybridized carbons (Fsp3) is 1.00. The SMILES string of the molecule is CC1CCN(CC(C)(O)C(C)C)CC1N. The molecule has 1 fully saturated rings. The average Bonchev–Trinajstić information content (AvgIpc) is 2.10. The summed E-state index contributed by atoms with van der Waals surface area (Å²) in [5.74, 6) is 0.901. The predicted octanol–water partition coefficient (Wildman–Crippen LogP) is 1.06. The Morgan fingerprint density at radius 1 is 1.53 bits per heavy atom. The quantitative estimate of drug-likeness (QED) is 0.738. The lowest BCUT2D eigenvalue weighted by Gasteiger charge is -2.40. The van der Waals surface area contributed by atoms with Gasteiger partial charge in [0.05, 0.1) is 5.60 Å². The Balaban J connectivity index is 2.46. The maximum absolute atomic E-state index is 10.2. The smallest absolute Gasteiger partial charge is 0.0768 e. The van der Waals surface area contributed by atoms with Gasteiger partial charge in [-0.25, -0.2) is 0 Å². The van der Waals surface area contributed by atoms with Crippen LogP contribution in [0.3, 0.4) is 0 Å². The number of likely N-dealkylation sites (tertiary alicyclic amines) is 1. The van der Waals surface area contributed by atoms with E-state index in [0.29, 0.717) is 5.92 Å². The highest BCUT2D eigenvalue weighted by molar-refractivity contribution is 4.86. The summed E-state index contributed by atoms with van der Waals surface area (Å²) in [6.45, 7) is 11.0. The zero-order valence-electron chi connectivity index (χ0n) is 10.5. The van der Waals surface area contributed by atoms with Gasteiger partial charge in [-0.05, 0) is 31.7 Å². The molecular formula is C12H26N2O. The normalized spacial score (nSPS) is 33.0. The number of hydrogen-bond acceptors (Lipinski definition) is 3. The van der Waals surface area contributed by atoms with Crippen molar-refractivity contribution in [3.05, 3.63) is 0 Å². The molecule has 1 aliphatic heterocycles. The van der Waals surface area contributed by atoms with E-state index in [2.05, 4.69) is 25.7 Å². The molecule has 0 spiro atoms. The monoisotopic (exact) mass is 214 g/mol. The summed E-state index contributed by atoms with van der Waals surface area (Å²) in [7, 11) is 0. The summed E-state index contributed by atoms with van der Waals surface area (Å²) in [4.78, 5) is 2.30. The minimum atomic E-state index is -0.597. The molecule has 0 radical (unpaired) electrons. The summed E-state index contributed by atoms with van der Waals surface area (Å²) in [5.41, 5.74) is 5.44. The molecule has 90 valence electrons. The van der Waals surface area contributed by atoms with E-state index in [0.717, 1.165) is 26.1 Å². The van der Waals surface area contributed by atoms with Crippen molar-refractivity contribution in [1.29, 1.82) is 0 Å². The van der Waals surface area contributed by atoms with Crippen LogP contribution in [0, 0.1) is 11.8 Å². The molecule has 1 saturated heterocycles. The molecular weight excluding hydrogens is 188 g/mol. The molecule has 3 N–H and O–H groups in total. The van der Waals surface area contributed by atoms with Gasteiger partial charge in [-0.1, -0.05) is 20.8 Å². The van der Waals surface area contributed by atoms with Crippen molar-refractivity contribution >= 4 is 0 Å². The van der Waals surface area contributed by atoms with E-state index in [-0.39, 0.29) is 12.0 Å². The minimum Gasteiger partial charge on any atom is -0.389 e. The van der Waals surface area contributed by atoms with Crippen LogP contribution in [0.25, 0.3) is 0 Å². The Labute approximate surface area is 93.6 Å². The van der Waals surface area contributed by atoms with Crippen LogP contribution in [0.4, 0.5) is 0 Å². The van der Waals surface area contributed by atoms with Gasteiger partial charge in [0.1, 0.15) is 0 Å². The number of piperidine rings is 1. The maximum Gasteiger partial charge on any atom is 0.0768 e. The number of aliphatic hydroxyl groups is 1. The molecule has 0 saturated carbocycles. The maximum atomic E-state index is 10.2. The van der Waals surface area contributed by atoms with E-state index in [1.54, 1.807) is 0 Å². The molecule has 1 aliphatic rings. The standard InChI is InChI=1S/C12H26N2O/c1-9(2)12(4,15)8-14-6-5-10(3)11(13)7-14/h9-11,15H,5-8,13H2,1-4H3. The molecule has 0 aromatic carbocycles. The highest BCUT2D eigenvalue weighted by Crippen LogP contribution is 2.21. The van der Waals surface area contributed by atoms with E-state index in [1.807, 2.05) is 6.92 Å². The van der Waals surface area contributed by atoms with Crippen molar-refractivity contribution in [2.45, 2.75) is 45.8 Å². The summed E-state index contributed by atoms with van der Waals surface area (Å²) in [6.07, 6.45) is 1.15.